The van der Waals surface area contributed by atoms with E-state index in [9.17, 15) is 0 Å². The second kappa shape index (κ2) is 8.53. The van der Waals surface area contributed by atoms with Gasteiger partial charge in [0, 0.05) is 25.0 Å². The topological polar surface area (TPSA) is 26.2 Å². The van der Waals surface area contributed by atoms with Crippen LogP contribution in [0.3, 0.4) is 0 Å². The molecule has 0 spiro atoms. The van der Waals surface area contributed by atoms with Crippen molar-refractivity contribution in [1.82, 2.24) is 9.88 Å². The van der Waals surface area contributed by atoms with Gasteiger partial charge in [0.05, 0.1) is 6.61 Å². The van der Waals surface area contributed by atoms with Gasteiger partial charge in [-0.05, 0) is 43.1 Å². The van der Waals surface area contributed by atoms with E-state index in [1.165, 1.54) is 5.69 Å². The van der Waals surface area contributed by atoms with Gasteiger partial charge in [0.1, 0.15) is 5.75 Å². The van der Waals surface area contributed by atoms with Gasteiger partial charge in [-0.25, -0.2) is 0 Å². The van der Waals surface area contributed by atoms with E-state index < -0.39 is 0 Å². The fourth-order valence-electron chi connectivity index (χ4n) is 2.26. The summed E-state index contributed by atoms with van der Waals surface area (Å²) in [4.78, 5) is 0. The Morgan fingerprint density at radius 3 is 2.67 bits per heavy atom. The van der Waals surface area contributed by atoms with Crippen LogP contribution in [0, 0.1) is 5.92 Å². The molecule has 0 radical (unpaired) electrons. The molecule has 21 heavy (non-hydrogen) atoms. The van der Waals surface area contributed by atoms with E-state index in [0.717, 1.165) is 38.4 Å². The quantitative estimate of drug-likeness (QED) is 0.711. The van der Waals surface area contributed by atoms with Crippen molar-refractivity contribution in [3.8, 4) is 5.75 Å². The third kappa shape index (κ3) is 5.64. The standard InChI is InChI=1S/C18H26N2O/c1-16(2)14-19-15-17-8-6-11-20(17)12-7-13-21-18-9-4-3-5-10-18/h3-6,8-11,16,19H,7,12-15H2,1-2H3. The van der Waals surface area contributed by atoms with Gasteiger partial charge >= 0.3 is 0 Å². The summed E-state index contributed by atoms with van der Waals surface area (Å²) in [6.45, 7) is 8.20. The molecule has 1 N–H and O–H groups in total. The highest BCUT2D eigenvalue weighted by molar-refractivity contribution is 5.20. The molecule has 0 atom stereocenters. The monoisotopic (exact) mass is 286 g/mol. The Morgan fingerprint density at radius 1 is 1.10 bits per heavy atom. The number of aryl methyl sites for hydroxylation is 1. The molecule has 3 nitrogen and oxygen atoms in total. The molecule has 0 unspecified atom stereocenters. The van der Waals surface area contributed by atoms with Gasteiger partial charge < -0.3 is 14.6 Å². The molecule has 0 amide bonds. The molecule has 114 valence electrons. The second-order valence-corrected chi connectivity index (χ2v) is 5.73. The summed E-state index contributed by atoms with van der Waals surface area (Å²) in [6.07, 6.45) is 3.16. The van der Waals surface area contributed by atoms with Gasteiger partial charge in [-0.3, -0.25) is 0 Å². The van der Waals surface area contributed by atoms with Crippen LogP contribution in [0.5, 0.6) is 5.75 Å². The number of nitrogens with zero attached hydrogens (tertiary/aromatic N) is 1. The second-order valence-electron chi connectivity index (χ2n) is 5.73. The Hall–Kier alpha value is -1.74. The molecule has 0 fully saturated rings. The number of hydrogen-bond donors (Lipinski definition) is 1. The highest BCUT2D eigenvalue weighted by Gasteiger charge is 2.01. The van der Waals surface area contributed by atoms with Crippen molar-refractivity contribution in [3.63, 3.8) is 0 Å². The van der Waals surface area contributed by atoms with Crippen LogP contribution in [0.15, 0.2) is 48.7 Å². The Labute approximate surface area is 127 Å². The highest BCUT2D eigenvalue weighted by Crippen LogP contribution is 2.09. The minimum absolute atomic E-state index is 0.688. The number of para-hydroxylation sites is 1. The van der Waals surface area contributed by atoms with E-state index in [1.807, 2.05) is 30.3 Å². The lowest BCUT2D eigenvalue weighted by atomic mass is 10.2. The van der Waals surface area contributed by atoms with E-state index in [1.54, 1.807) is 0 Å². The third-order valence-corrected chi connectivity index (χ3v) is 3.34. The van der Waals surface area contributed by atoms with Crippen LogP contribution in [-0.2, 0) is 13.1 Å². The summed E-state index contributed by atoms with van der Waals surface area (Å²) in [5.41, 5.74) is 1.34. The number of ether oxygens (including phenoxy) is 1. The minimum Gasteiger partial charge on any atom is -0.494 e. The molecule has 3 heteroatoms. The van der Waals surface area contributed by atoms with E-state index in [2.05, 4.69) is 42.1 Å². The zero-order valence-corrected chi connectivity index (χ0v) is 13.1. The van der Waals surface area contributed by atoms with Crippen LogP contribution in [0.4, 0.5) is 0 Å². The predicted molar refractivity (Wildman–Crippen MR) is 87.5 cm³/mol. The van der Waals surface area contributed by atoms with Crippen LogP contribution in [0.1, 0.15) is 26.0 Å². The number of nitrogens with one attached hydrogen (secondary N) is 1. The molecule has 0 aliphatic heterocycles. The summed E-state index contributed by atoms with van der Waals surface area (Å²) in [5.74, 6) is 1.64. The molecule has 0 aliphatic rings. The van der Waals surface area contributed by atoms with Gasteiger partial charge in [0.25, 0.3) is 0 Å². The van der Waals surface area contributed by atoms with Crippen molar-refractivity contribution >= 4 is 0 Å². The van der Waals surface area contributed by atoms with Crippen LogP contribution in [0.2, 0.25) is 0 Å². The predicted octanol–water partition coefficient (Wildman–Crippen LogP) is 3.70. The molecular weight excluding hydrogens is 260 g/mol. The molecular formula is C18H26N2O. The maximum atomic E-state index is 5.73. The molecule has 2 rings (SSSR count). The first-order valence-corrected chi connectivity index (χ1v) is 7.78. The van der Waals surface area contributed by atoms with Crippen molar-refractivity contribution in [1.29, 1.82) is 0 Å². The van der Waals surface area contributed by atoms with Crippen LogP contribution < -0.4 is 10.1 Å². The largest absolute Gasteiger partial charge is 0.494 e. The zero-order chi connectivity index (χ0) is 14.9. The van der Waals surface area contributed by atoms with E-state index in [-0.39, 0.29) is 0 Å². The van der Waals surface area contributed by atoms with Crippen molar-refractivity contribution in [2.75, 3.05) is 13.2 Å². The average Bonchev–Trinajstić information content (AvgIpc) is 2.92. The lowest BCUT2D eigenvalue weighted by Gasteiger charge is -2.12. The van der Waals surface area contributed by atoms with Gasteiger partial charge in [-0.1, -0.05) is 32.0 Å². The number of hydrogen-bond acceptors (Lipinski definition) is 2. The van der Waals surface area contributed by atoms with E-state index in [0.29, 0.717) is 5.92 Å². The first kappa shape index (κ1) is 15.6. The van der Waals surface area contributed by atoms with Gasteiger partial charge in [0.15, 0.2) is 0 Å². The Bertz CT molecular complexity index is 505. The van der Waals surface area contributed by atoms with Crippen molar-refractivity contribution in [3.05, 3.63) is 54.4 Å². The maximum Gasteiger partial charge on any atom is 0.119 e. The highest BCUT2D eigenvalue weighted by atomic mass is 16.5. The summed E-state index contributed by atoms with van der Waals surface area (Å²) in [5, 5.41) is 3.49. The Kier molecular flexibility index (Phi) is 6.35. The molecule has 0 bridgehead atoms. The Morgan fingerprint density at radius 2 is 1.90 bits per heavy atom. The maximum absolute atomic E-state index is 5.73. The fraction of sp³-hybridized carbons (Fsp3) is 0.444. The van der Waals surface area contributed by atoms with E-state index >= 15 is 0 Å². The van der Waals surface area contributed by atoms with Gasteiger partial charge in [-0.2, -0.15) is 0 Å². The first-order valence-electron chi connectivity index (χ1n) is 7.78. The number of benzene rings is 1. The van der Waals surface area contributed by atoms with Crippen molar-refractivity contribution in [2.45, 2.75) is 33.4 Å². The van der Waals surface area contributed by atoms with Crippen molar-refractivity contribution in [2.24, 2.45) is 5.92 Å². The number of rotatable bonds is 9. The first-order chi connectivity index (χ1) is 10.3. The molecule has 1 aromatic carbocycles. The summed E-state index contributed by atoms with van der Waals surface area (Å²) < 4.78 is 8.04. The summed E-state index contributed by atoms with van der Waals surface area (Å²) >= 11 is 0. The SMILES string of the molecule is CC(C)CNCc1cccn1CCCOc1ccccc1. The summed E-state index contributed by atoms with van der Waals surface area (Å²) in [7, 11) is 0. The van der Waals surface area contributed by atoms with Crippen molar-refractivity contribution < 1.29 is 4.74 Å². The third-order valence-electron chi connectivity index (χ3n) is 3.34. The smallest absolute Gasteiger partial charge is 0.119 e. The zero-order valence-electron chi connectivity index (χ0n) is 13.1. The lowest BCUT2D eigenvalue weighted by molar-refractivity contribution is 0.301. The lowest BCUT2D eigenvalue weighted by Crippen LogP contribution is -2.21. The molecule has 0 saturated heterocycles. The van der Waals surface area contributed by atoms with Gasteiger partial charge in [0.2, 0.25) is 0 Å². The molecule has 1 heterocycles. The fourth-order valence-corrected chi connectivity index (χ4v) is 2.26. The average molecular weight is 286 g/mol. The van der Waals surface area contributed by atoms with Crippen LogP contribution in [-0.4, -0.2) is 17.7 Å². The molecule has 1 aromatic heterocycles. The molecule has 0 aliphatic carbocycles. The number of aromatic nitrogens is 1. The van der Waals surface area contributed by atoms with Crippen LogP contribution >= 0.6 is 0 Å². The molecule has 2 aromatic rings. The normalized spacial score (nSPS) is 11.0. The Balaban J connectivity index is 1.70. The van der Waals surface area contributed by atoms with Crippen LogP contribution in [0.25, 0.3) is 0 Å². The summed E-state index contributed by atoms with van der Waals surface area (Å²) in [6, 6.07) is 14.3. The molecule has 0 saturated carbocycles. The van der Waals surface area contributed by atoms with E-state index in [4.69, 9.17) is 4.74 Å². The minimum atomic E-state index is 0.688. The van der Waals surface area contributed by atoms with Gasteiger partial charge in [-0.15, -0.1) is 0 Å².